The Morgan fingerprint density at radius 3 is 2.16 bits per heavy atom. The zero-order chi connectivity index (χ0) is 22.7. The van der Waals surface area contributed by atoms with Crippen molar-refractivity contribution < 1.29 is 24.2 Å². The molecule has 32 heavy (non-hydrogen) atoms. The maximum Gasteiger partial charge on any atom is 0.408 e. The van der Waals surface area contributed by atoms with E-state index in [0.717, 1.165) is 28.7 Å². The van der Waals surface area contributed by atoms with Crippen LogP contribution < -0.4 is 10.6 Å². The largest absolute Gasteiger partial charge is 0.481 e. The summed E-state index contributed by atoms with van der Waals surface area (Å²) in [5, 5.41) is 14.6. The van der Waals surface area contributed by atoms with Crippen molar-refractivity contribution in [1.82, 2.24) is 10.6 Å². The lowest BCUT2D eigenvalue weighted by Gasteiger charge is -2.41. The van der Waals surface area contributed by atoms with E-state index in [0.29, 0.717) is 19.3 Å². The number of carbonyl (C=O) groups excluding carboxylic acids is 2. The van der Waals surface area contributed by atoms with Crippen molar-refractivity contribution in [3.63, 3.8) is 0 Å². The molecule has 168 valence electrons. The fraction of sp³-hybridized carbons (Fsp3) is 0.400. The van der Waals surface area contributed by atoms with E-state index >= 15 is 0 Å². The van der Waals surface area contributed by atoms with Crippen molar-refractivity contribution in [2.75, 3.05) is 6.61 Å². The van der Waals surface area contributed by atoms with Gasteiger partial charge in [-0.3, -0.25) is 9.59 Å². The molecular weight excluding hydrogens is 408 g/mol. The third kappa shape index (κ3) is 4.20. The van der Waals surface area contributed by atoms with Gasteiger partial charge in [0.1, 0.15) is 12.1 Å². The standard InChI is InChI=1S/C25H28N2O5/c1-2-16(14-22(28)29)26-23(30)25(12-7-13-25)27-24(31)32-15-21-19-10-5-3-8-17(19)18-9-4-6-11-20(18)21/h3-6,8-11,16,21H,2,7,12-15H2,1H3,(H,26,30)(H,27,31)(H,28,29)/t16-/m0/s1. The van der Waals surface area contributed by atoms with Gasteiger partial charge in [0.25, 0.3) is 0 Å². The van der Waals surface area contributed by atoms with Crippen molar-refractivity contribution >= 4 is 18.0 Å². The third-order valence-electron chi connectivity index (χ3n) is 6.58. The summed E-state index contributed by atoms with van der Waals surface area (Å²) in [5.41, 5.74) is 3.51. The molecule has 0 aromatic heterocycles. The zero-order valence-electron chi connectivity index (χ0n) is 18.1. The number of hydrogen-bond acceptors (Lipinski definition) is 4. The van der Waals surface area contributed by atoms with Crippen molar-refractivity contribution in [2.24, 2.45) is 0 Å². The van der Waals surface area contributed by atoms with Crippen LogP contribution in [0.1, 0.15) is 56.1 Å². The fourth-order valence-corrected chi connectivity index (χ4v) is 4.60. The van der Waals surface area contributed by atoms with Crippen LogP contribution in [0.25, 0.3) is 11.1 Å². The summed E-state index contributed by atoms with van der Waals surface area (Å²) in [5.74, 6) is -1.37. The Morgan fingerprint density at radius 1 is 1.06 bits per heavy atom. The van der Waals surface area contributed by atoms with Gasteiger partial charge in [-0.15, -0.1) is 0 Å². The SMILES string of the molecule is CC[C@@H](CC(=O)O)NC(=O)C1(NC(=O)OCC2c3ccccc3-c3ccccc32)CCC1. The molecular formula is C25H28N2O5. The lowest BCUT2D eigenvalue weighted by atomic mass is 9.76. The Kier molecular flexibility index (Phi) is 6.17. The number of carboxylic acid groups (broad SMARTS) is 1. The van der Waals surface area contributed by atoms with Crippen LogP contribution in [-0.2, 0) is 14.3 Å². The summed E-state index contributed by atoms with van der Waals surface area (Å²) in [6, 6.07) is 15.7. The van der Waals surface area contributed by atoms with Gasteiger partial charge >= 0.3 is 12.1 Å². The van der Waals surface area contributed by atoms with E-state index in [2.05, 4.69) is 34.9 Å². The summed E-state index contributed by atoms with van der Waals surface area (Å²) in [4.78, 5) is 36.5. The quantitative estimate of drug-likeness (QED) is 0.584. The highest BCUT2D eigenvalue weighted by molar-refractivity contribution is 5.91. The second-order valence-corrected chi connectivity index (χ2v) is 8.56. The number of nitrogens with one attached hydrogen (secondary N) is 2. The maximum atomic E-state index is 12.8. The fourth-order valence-electron chi connectivity index (χ4n) is 4.60. The number of ether oxygens (including phenoxy) is 1. The first kappa shape index (κ1) is 21.9. The van der Waals surface area contributed by atoms with Gasteiger partial charge in [-0.25, -0.2) is 4.79 Å². The molecule has 1 saturated carbocycles. The topological polar surface area (TPSA) is 105 Å². The Labute approximate surface area is 187 Å². The number of alkyl carbamates (subject to hydrolysis) is 1. The lowest BCUT2D eigenvalue weighted by Crippen LogP contribution is -2.64. The third-order valence-corrected chi connectivity index (χ3v) is 6.58. The number of hydrogen-bond donors (Lipinski definition) is 3. The summed E-state index contributed by atoms with van der Waals surface area (Å²) < 4.78 is 5.59. The number of rotatable bonds is 8. The summed E-state index contributed by atoms with van der Waals surface area (Å²) in [7, 11) is 0. The van der Waals surface area contributed by atoms with Crippen LogP contribution in [0.2, 0.25) is 0 Å². The van der Waals surface area contributed by atoms with Gasteiger partial charge in [-0.1, -0.05) is 55.5 Å². The van der Waals surface area contributed by atoms with E-state index in [1.54, 1.807) is 0 Å². The average Bonchev–Trinajstić information content (AvgIpc) is 3.07. The smallest absolute Gasteiger partial charge is 0.408 e. The van der Waals surface area contributed by atoms with Crippen LogP contribution in [-0.4, -0.2) is 41.3 Å². The summed E-state index contributed by atoms with van der Waals surface area (Å²) >= 11 is 0. The number of benzene rings is 2. The molecule has 7 heteroatoms. The molecule has 0 saturated heterocycles. The first-order valence-electron chi connectivity index (χ1n) is 11.1. The van der Waals surface area contributed by atoms with Gasteiger partial charge in [0, 0.05) is 12.0 Å². The first-order valence-corrected chi connectivity index (χ1v) is 11.1. The van der Waals surface area contributed by atoms with Gasteiger partial charge in [0.2, 0.25) is 5.91 Å². The predicted octanol–water partition coefficient (Wildman–Crippen LogP) is 3.82. The lowest BCUT2D eigenvalue weighted by molar-refractivity contribution is -0.138. The average molecular weight is 437 g/mol. The normalized spacial score (nSPS) is 16.8. The van der Waals surface area contributed by atoms with Crippen LogP contribution in [0.4, 0.5) is 4.79 Å². The molecule has 3 N–H and O–H groups in total. The summed E-state index contributed by atoms with van der Waals surface area (Å²) in [6.07, 6.45) is 1.54. The highest BCUT2D eigenvalue weighted by Gasteiger charge is 2.46. The molecule has 0 spiro atoms. The molecule has 0 aliphatic heterocycles. The molecule has 2 aliphatic rings. The molecule has 2 aromatic rings. The van der Waals surface area contributed by atoms with Crippen molar-refractivity contribution in [3.8, 4) is 11.1 Å². The van der Waals surface area contributed by atoms with E-state index in [-0.39, 0.29) is 24.9 Å². The zero-order valence-corrected chi connectivity index (χ0v) is 18.1. The van der Waals surface area contributed by atoms with Crippen molar-refractivity contribution in [1.29, 1.82) is 0 Å². The Balaban J connectivity index is 1.40. The van der Waals surface area contributed by atoms with Gasteiger partial charge in [0.15, 0.2) is 0 Å². The van der Waals surface area contributed by atoms with Crippen LogP contribution in [0.3, 0.4) is 0 Å². The van der Waals surface area contributed by atoms with Gasteiger partial charge < -0.3 is 20.5 Å². The monoisotopic (exact) mass is 436 g/mol. The van der Waals surface area contributed by atoms with Gasteiger partial charge in [-0.2, -0.15) is 0 Å². The molecule has 1 fully saturated rings. The van der Waals surface area contributed by atoms with E-state index in [9.17, 15) is 14.4 Å². The van der Waals surface area contributed by atoms with Crippen LogP contribution in [0.5, 0.6) is 0 Å². The number of amides is 2. The van der Waals surface area contributed by atoms with E-state index in [1.165, 1.54) is 0 Å². The number of aliphatic carboxylic acids is 1. The molecule has 1 atom stereocenters. The van der Waals surface area contributed by atoms with Gasteiger partial charge in [-0.05, 0) is 47.9 Å². The van der Waals surface area contributed by atoms with Crippen molar-refractivity contribution in [3.05, 3.63) is 59.7 Å². The van der Waals surface area contributed by atoms with Gasteiger partial charge in [0.05, 0.1) is 6.42 Å². The Morgan fingerprint density at radius 2 is 1.66 bits per heavy atom. The minimum Gasteiger partial charge on any atom is -0.481 e. The molecule has 2 aliphatic carbocycles. The second-order valence-electron chi connectivity index (χ2n) is 8.56. The highest BCUT2D eigenvalue weighted by atomic mass is 16.5. The minimum absolute atomic E-state index is 0.0562. The van der Waals surface area contributed by atoms with Crippen LogP contribution in [0, 0.1) is 0 Å². The molecule has 4 rings (SSSR count). The van der Waals surface area contributed by atoms with Crippen molar-refractivity contribution in [2.45, 2.75) is 56.5 Å². The molecule has 7 nitrogen and oxygen atoms in total. The first-order chi connectivity index (χ1) is 15.4. The molecule has 0 unspecified atom stereocenters. The highest BCUT2D eigenvalue weighted by Crippen LogP contribution is 2.44. The Hall–Kier alpha value is -3.35. The molecule has 0 heterocycles. The maximum absolute atomic E-state index is 12.8. The van der Waals surface area contributed by atoms with Crippen LogP contribution >= 0.6 is 0 Å². The van der Waals surface area contributed by atoms with E-state index in [1.807, 2.05) is 31.2 Å². The molecule has 2 amide bonds. The minimum atomic E-state index is -1.03. The summed E-state index contributed by atoms with van der Waals surface area (Å²) in [6.45, 7) is 1.99. The number of carboxylic acids is 1. The predicted molar refractivity (Wildman–Crippen MR) is 119 cm³/mol. The van der Waals surface area contributed by atoms with E-state index < -0.39 is 23.6 Å². The second kappa shape index (κ2) is 9.02. The molecule has 0 bridgehead atoms. The molecule has 0 radical (unpaired) electrons. The molecule has 2 aromatic carbocycles. The number of fused-ring (bicyclic) bond motifs is 3. The van der Waals surface area contributed by atoms with Crippen LogP contribution in [0.15, 0.2) is 48.5 Å². The van der Waals surface area contributed by atoms with E-state index in [4.69, 9.17) is 9.84 Å². The Bertz CT molecular complexity index is 985. The number of carbonyl (C=O) groups is 3.